The number of hydrogen-bond acceptors (Lipinski definition) is 3. The molecule has 1 heterocycles. The molecule has 1 fully saturated rings. The van der Waals surface area contributed by atoms with Crippen molar-refractivity contribution in [1.82, 2.24) is 5.32 Å². The van der Waals surface area contributed by atoms with Crippen LogP contribution in [0.1, 0.15) is 44.1 Å². The average molecular weight is 260 g/mol. The number of ether oxygens (including phenoxy) is 1. The highest BCUT2D eigenvalue weighted by Crippen LogP contribution is 2.31. The molecule has 0 radical (unpaired) electrons. The van der Waals surface area contributed by atoms with Gasteiger partial charge >= 0.3 is 0 Å². The largest absolute Gasteiger partial charge is 0.489 e. The van der Waals surface area contributed by atoms with Gasteiger partial charge in [0.1, 0.15) is 12.4 Å². The van der Waals surface area contributed by atoms with Crippen LogP contribution in [0.25, 0.3) is 0 Å². The Bertz CT molecular complexity index is 411. The second kappa shape index (κ2) is 6.29. The van der Waals surface area contributed by atoms with Gasteiger partial charge in [-0.15, -0.1) is 0 Å². The van der Waals surface area contributed by atoms with Crippen molar-refractivity contribution in [3.63, 3.8) is 0 Å². The standard InChI is InChI=1S/C16H24N2O/c1-2-4-8-14(7-3-1)18-12-13-6-5-9-15-16(13)19-11-10-17-15/h5-6,9,14,17-18H,1-4,7-8,10-12H2. The van der Waals surface area contributed by atoms with Crippen LogP contribution in [0.3, 0.4) is 0 Å². The fraction of sp³-hybridized carbons (Fsp3) is 0.625. The van der Waals surface area contributed by atoms with Gasteiger partial charge in [-0.25, -0.2) is 0 Å². The van der Waals surface area contributed by atoms with Crippen molar-refractivity contribution in [2.24, 2.45) is 0 Å². The van der Waals surface area contributed by atoms with E-state index in [-0.39, 0.29) is 0 Å². The third kappa shape index (κ3) is 3.21. The molecular weight excluding hydrogens is 236 g/mol. The van der Waals surface area contributed by atoms with Crippen molar-refractivity contribution in [1.29, 1.82) is 0 Å². The molecule has 0 saturated heterocycles. The molecule has 2 N–H and O–H groups in total. The van der Waals surface area contributed by atoms with E-state index in [0.717, 1.165) is 31.1 Å². The Morgan fingerprint density at radius 3 is 2.84 bits per heavy atom. The molecule has 3 heteroatoms. The Balaban J connectivity index is 1.63. The van der Waals surface area contributed by atoms with E-state index in [1.807, 2.05) is 0 Å². The van der Waals surface area contributed by atoms with Crippen molar-refractivity contribution >= 4 is 5.69 Å². The maximum Gasteiger partial charge on any atom is 0.146 e. The molecule has 1 saturated carbocycles. The van der Waals surface area contributed by atoms with Gasteiger partial charge in [0, 0.05) is 24.7 Å². The van der Waals surface area contributed by atoms with E-state index in [2.05, 4.69) is 28.8 Å². The lowest BCUT2D eigenvalue weighted by molar-refractivity contribution is 0.317. The highest BCUT2D eigenvalue weighted by Gasteiger charge is 2.16. The maximum absolute atomic E-state index is 5.82. The van der Waals surface area contributed by atoms with Crippen LogP contribution in [0.15, 0.2) is 18.2 Å². The highest BCUT2D eigenvalue weighted by molar-refractivity contribution is 5.61. The predicted molar refractivity (Wildman–Crippen MR) is 78.8 cm³/mol. The zero-order valence-corrected chi connectivity index (χ0v) is 11.6. The number of anilines is 1. The Morgan fingerprint density at radius 2 is 2.00 bits per heavy atom. The van der Waals surface area contributed by atoms with E-state index in [1.165, 1.54) is 44.1 Å². The van der Waals surface area contributed by atoms with Crippen molar-refractivity contribution in [3.8, 4) is 5.75 Å². The van der Waals surface area contributed by atoms with Gasteiger partial charge in [-0.3, -0.25) is 0 Å². The van der Waals surface area contributed by atoms with Crippen LogP contribution in [-0.4, -0.2) is 19.2 Å². The van der Waals surface area contributed by atoms with Crippen molar-refractivity contribution in [2.75, 3.05) is 18.5 Å². The lowest BCUT2D eigenvalue weighted by Crippen LogP contribution is -2.28. The van der Waals surface area contributed by atoms with Crippen LogP contribution >= 0.6 is 0 Å². The van der Waals surface area contributed by atoms with Crippen LogP contribution in [-0.2, 0) is 6.54 Å². The molecule has 1 aromatic carbocycles. The van der Waals surface area contributed by atoms with E-state index >= 15 is 0 Å². The molecule has 2 aliphatic rings. The van der Waals surface area contributed by atoms with Crippen molar-refractivity contribution in [2.45, 2.75) is 51.1 Å². The minimum Gasteiger partial charge on any atom is -0.489 e. The molecule has 3 rings (SSSR count). The van der Waals surface area contributed by atoms with E-state index in [0.29, 0.717) is 6.04 Å². The summed E-state index contributed by atoms with van der Waals surface area (Å²) in [6.45, 7) is 2.61. The second-order valence-corrected chi connectivity index (χ2v) is 5.64. The van der Waals surface area contributed by atoms with Gasteiger partial charge in [0.2, 0.25) is 0 Å². The molecule has 0 bridgehead atoms. The second-order valence-electron chi connectivity index (χ2n) is 5.64. The van der Waals surface area contributed by atoms with Crippen molar-refractivity contribution in [3.05, 3.63) is 23.8 Å². The average Bonchev–Trinajstić information content (AvgIpc) is 2.74. The number of rotatable bonds is 3. The minimum absolute atomic E-state index is 0.690. The number of fused-ring (bicyclic) bond motifs is 1. The monoisotopic (exact) mass is 260 g/mol. The first-order chi connectivity index (χ1) is 9.43. The smallest absolute Gasteiger partial charge is 0.146 e. The molecule has 1 aromatic rings. The summed E-state index contributed by atoms with van der Waals surface area (Å²) in [6.07, 6.45) is 8.23. The van der Waals surface area contributed by atoms with E-state index in [9.17, 15) is 0 Å². The molecular formula is C16H24N2O. The van der Waals surface area contributed by atoms with Gasteiger partial charge in [-0.2, -0.15) is 0 Å². The number of hydrogen-bond donors (Lipinski definition) is 2. The Hall–Kier alpha value is -1.22. The summed E-state index contributed by atoms with van der Waals surface area (Å²) in [7, 11) is 0. The Labute approximate surface area is 115 Å². The summed E-state index contributed by atoms with van der Waals surface area (Å²) in [5, 5.41) is 7.12. The zero-order valence-electron chi connectivity index (χ0n) is 11.6. The molecule has 0 amide bonds. The molecule has 0 unspecified atom stereocenters. The molecule has 0 spiro atoms. The van der Waals surface area contributed by atoms with Crippen LogP contribution in [0, 0.1) is 0 Å². The summed E-state index contributed by atoms with van der Waals surface area (Å²) in [5.41, 5.74) is 2.43. The van der Waals surface area contributed by atoms with Gasteiger partial charge < -0.3 is 15.4 Å². The summed E-state index contributed by atoms with van der Waals surface area (Å²) < 4.78 is 5.82. The normalized spacial score (nSPS) is 20.0. The summed E-state index contributed by atoms with van der Waals surface area (Å²) >= 11 is 0. The number of nitrogens with one attached hydrogen (secondary N) is 2. The third-order valence-corrected chi connectivity index (χ3v) is 4.20. The SMILES string of the molecule is c1cc(CNC2CCCCCC2)c2c(c1)NCCO2. The molecule has 3 nitrogen and oxygen atoms in total. The lowest BCUT2D eigenvalue weighted by Gasteiger charge is -2.23. The zero-order chi connectivity index (χ0) is 12.9. The molecule has 1 aliphatic carbocycles. The van der Waals surface area contributed by atoms with Crippen LogP contribution < -0.4 is 15.4 Å². The van der Waals surface area contributed by atoms with Gasteiger partial charge in [-0.05, 0) is 18.9 Å². The first-order valence-electron chi connectivity index (χ1n) is 7.65. The fourth-order valence-corrected chi connectivity index (χ4v) is 3.11. The maximum atomic E-state index is 5.82. The summed E-state index contributed by atoms with van der Waals surface area (Å²) in [6, 6.07) is 7.08. The third-order valence-electron chi connectivity index (χ3n) is 4.20. The van der Waals surface area contributed by atoms with E-state index in [4.69, 9.17) is 4.74 Å². The summed E-state index contributed by atoms with van der Waals surface area (Å²) in [4.78, 5) is 0. The van der Waals surface area contributed by atoms with Crippen LogP contribution in [0.2, 0.25) is 0 Å². The topological polar surface area (TPSA) is 33.3 Å². The lowest BCUT2D eigenvalue weighted by atomic mass is 10.1. The van der Waals surface area contributed by atoms with Gasteiger partial charge in [0.15, 0.2) is 0 Å². The fourth-order valence-electron chi connectivity index (χ4n) is 3.11. The molecule has 104 valence electrons. The minimum atomic E-state index is 0.690. The highest BCUT2D eigenvalue weighted by atomic mass is 16.5. The summed E-state index contributed by atoms with van der Waals surface area (Å²) in [5.74, 6) is 1.05. The predicted octanol–water partition coefficient (Wildman–Crippen LogP) is 3.30. The molecule has 19 heavy (non-hydrogen) atoms. The number of benzene rings is 1. The van der Waals surface area contributed by atoms with Crippen LogP contribution in [0.4, 0.5) is 5.69 Å². The number of para-hydroxylation sites is 1. The van der Waals surface area contributed by atoms with Gasteiger partial charge in [0.25, 0.3) is 0 Å². The van der Waals surface area contributed by atoms with E-state index < -0.39 is 0 Å². The Kier molecular flexibility index (Phi) is 4.23. The quantitative estimate of drug-likeness (QED) is 0.818. The first kappa shape index (κ1) is 12.8. The van der Waals surface area contributed by atoms with Crippen molar-refractivity contribution < 1.29 is 4.74 Å². The molecule has 0 atom stereocenters. The Morgan fingerprint density at radius 1 is 1.16 bits per heavy atom. The van der Waals surface area contributed by atoms with Gasteiger partial charge in [0.05, 0.1) is 5.69 Å². The molecule has 1 aliphatic heterocycles. The molecule has 0 aromatic heterocycles. The van der Waals surface area contributed by atoms with Gasteiger partial charge in [-0.1, -0.05) is 37.8 Å². The first-order valence-corrected chi connectivity index (χ1v) is 7.65. The van der Waals surface area contributed by atoms with Crippen LogP contribution in [0.5, 0.6) is 5.75 Å². The van der Waals surface area contributed by atoms with E-state index in [1.54, 1.807) is 0 Å².